The van der Waals surface area contributed by atoms with Gasteiger partial charge in [0.2, 0.25) is 0 Å². The van der Waals surface area contributed by atoms with E-state index in [0.717, 1.165) is 18.5 Å². The van der Waals surface area contributed by atoms with Crippen molar-refractivity contribution in [3.8, 4) is 0 Å². The fourth-order valence-electron chi connectivity index (χ4n) is 3.60. The summed E-state index contributed by atoms with van der Waals surface area (Å²) >= 11 is 0. The molecule has 2 aliphatic rings. The van der Waals surface area contributed by atoms with Crippen molar-refractivity contribution >= 4 is 5.69 Å². The lowest BCUT2D eigenvalue weighted by Crippen LogP contribution is -2.44. The maximum Gasteiger partial charge on any atom is 0.0373 e. The van der Waals surface area contributed by atoms with E-state index in [4.69, 9.17) is 0 Å². The van der Waals surface area contributed by atoms with Gasteiger partial charge in [-0.25, -0.2) is 0 Å². The van der Waals surface area contributed by atoms with Crippen LogP contribution in [-0.4, -0.2) is 30.6 Å². The Bertz CT molecular complexity index is 380. The van der Waals surface area contributed by atoms with Gasteiger partial charge in [-0.2, -0.15) is 0 Å². The molecule has 2 aliphatic heterocycles. The minimum atomic E-state index is 0.727. The summed E-state index contributed by atoms with van der Waals surface area (Å²) < 4.78 is 0. The van der Waals surface area contributed by atoms with E-state index in [1.54, 1.807) is 0 Å². The molecule has 104 valence electrons. The Morgan fingerprint density at radius 2 is 1.95 bits per heavy atom. The maximum atomic E-state index is 3.66. The highest BCUT2D eigenvalue weighted by Crippen LogP contribution is 2.26. The fraction of sp³-hybridized carbons (Fsp3) is 0.647. The average Bonchev–Trinajstić information content (AvgIpc) is 2.70. The lowest BCUT2D eigenvalue weighted by Gasteiger charge is -2.37. The summed E-state index contributed by atoms with van der Waals surface area (Å²) in [5, 5.41) is 3.66. The van der Waals surface area contributed by atoms with E-state index in [1.807, 2.05) is 0 Å². The van der Waals surface area contributed by atoms with Crippen molar-refractivity contribution in [2.75, 3.05) is 25.0 Å². The summed E-state index contributed by atoms with van der Waals surface area (Å²) in [6.45, 7) is 6.07. The second-order valence-electron chi connectivity index (χ2n) is 6.12. The van der Waals surface area contributed by atoms with E-state index < -0.39 is 0 Å². The molecule has 2 heterocycles. The van der Waals surface area contributed by atoms with Gasteiger partial charge >= 0.3 is 0 Å². The number of rotatable bonds is 2. The molecule has 0 aliphatic carbocycles. The topological polar surface area (TPSA) is 15.3 Å². The number of hydrogen-bond acceptors (Lipinski definition) is 2. The zero-order chi connectivity index (χ0) is 13.1. The predicted molar refractivity (Wildman–Crippen MR) is 81.6 cm³/mol. The molecule has 1 aromatic carbocycles. The van der Waals surface area contributed by atoms with Gasteiger partial charge in [0.15, 0.2) is 0 Å². The Morgan fingerprint density at radius 1 is 1.16 bits per heavy atom. The highest BCUT2D eigenvalue weighted by atomic mass is 15.2. The highest BCUT2D eigenvalue weighted by molar-refractivity contribution is 5.52. The zero-order valence-electron chi connectivity index (χ0n) is 12.1. The van der Waals surface area contributed by atoms with E-state index >= 15 is 0 Å². The van der Waals surface area contributed by atoms with Crippen molar-refractivity contribution < 1.29 is 0 Å². The number of piperidine rings is 1. The lowest BCUT2D eigenvalue weighted by molar-refractivity contribution is 0.131. The highest BCUT2D eigenvalue weighted by Gasteiger charge is 2.25. The van der Waals surface area contributed by atoms with E-state index in [9.17, 15) is 0 Å². The zero-order valence-corrected chi connectivity index (χ0v) is 12.1. The molecule has 3 rings (SSSR count). The third kappa shape index (κ3) is 2.94. The van der Waals surface area contributed by atoms with Gasteiger partial charge in [-0.3, -0.25) is 4.90 Å². The third-order valence-electron chi connectivity index (χ3n) is 5.04. The van der Waals surface area contributed by atoms with Gasteiger partial charge in [0.1, 0.15) is 0 Å². The Morgan fingerprint density at radius 3 is 2.74 bits per heavy atom. The number of nitrogens with zero attached hydrogens (tertiary/aromatic N) is 1. The summed E-state index contributed by atoms with van der Waals surface area (Å²) in [4.78, 5) is 2.73. The van der Waals surface area contributed by atoms with Gasteiger partial charge in [-0.05, 0) is 56.3 Å². The van der Waals surface area contributed by atoms with Gasteiger partial charge in [-0.1, -0.05) is 31.5 Å². The second-order valence-corrected chi connectivity index (χ2v) is 6.12. The Balaban J connectivity index is 1.60. The molecule has 0 aromatic heterocycles. The van der Waals surface area contributed by atoms with Crippen LogP contribution >= 0.6 is 0 Å². The number of anilines is 1. The molecule has 1 aromatic rings. The van der Waals surface area contributed by atoms with Crippen LogP contribution in [0.15, 0.2) is 24.3 Å². The molecule has 1 N–H and O–H groups in total. The quantitative estimate of drug-likeness (QED) is 0.873. The molecule has 2 nitrogen and oxygen atoms in total. The Kier molecular flexibility index (Phi) is 4.07. The monoisotopic (exact) mass is 258 g/mol. The number of hydrogen-bond donors (Lipinski definition) is 1. The molecule has 0 amide bonds. The molecule has 0 spiro atoms. The lowest BCUT2D eigenvalue weighted by atomic mass is 9.93. The van der Waals surface area contributed by atoms with Gasteiger partial charge < -0.3 is 5.32 Å². The molecular formula is C17H26N2. The van der Waals surface area contributed by atoms with Crippen LogP contribution in [-0.2, 0) is 6.42 Å². The summed E-state index contributed by atoms with van der Waals surface area (Å²) in [5.41, 5.74) is 2.85. The fourth-order valence-corrected chi connectivity index (χ4v) is 3.60. The van der Waals surface area contributed by atoms with Crippen molar-refractivity contribution in [3.63, 3.8) is 0 Å². The van der Waals surface area contributed by atoms with Crippen LogP contribution in [0.3, 0.4) is 0 Å². The van der Waals surface area contributed by atoms with Crippen LogP contribution in [0.2, 0.25) is 0 Å². The number of nitrogens with one attached hydrogen (secondary N) is 1. The number of benzene rings is 1. The Hall–Kier alpha value is -1.02. The first kappa shape index (κ1) is 13.0. The first-order valence-corrected chi connectivity index (χ1v) is 7.92. The number of likely N-dealkylation sites (tertiary alicyclic amines) is 1. The van der Waals surface area contributed by atoms with Crippen LogP contribution in [0.25, 0.3) is 0 Å². The van der Waals surface area contributed by atoms with Crippen molar-refractivity contribution in [1.82, 2.24) is 4.90 Å². The van der Waals surface area contributed by atoms with Gasteiger partial charge in [-0.15, -0.1) is 0 Å². The SMILES string of the molecule is CCC1CCN(C2CCc3ccccc3NC2)CC1. The number of para-hydroxylation sites is 1. The number of aryl methyl sites for hydroxylation is 1. The summed E-state index contributed by atoms with van der Waals surface area (Å²) in [7, 11) is 0. The first-order valence-electron chi connectivity index (χ1n) is 7.92. The van der Waals surface area contributed by atoms with Crippen molar-refractivity contribution in [3.05, 3.63) is 29.8 Å². The number of fused-ring (bicyclic) bond motifs is 1. The summed E-state index contributed by atoms with van der Waals surface area (Å²) in [5.74, 6) is 0.979. The normalized spacial score (nSPS) is 25.4. The molecule has 19 heavy (non-hydrogen) atoms. The van der Waals surface area contributed by atoms with Crippen LogP contribution < -0.4 is 5.32 Å². The largest absolute Gasteiger partial charge is 0.383 e. The predicted octanol–water partition coefficient (Wildman–Crippen LogP) is 3.54. The maximum absolute atomic E-state index is 3.66. The van der Waals surface area contributed by atoms with Crippen LogP contribution in [0.4, 0.5) is 5.69 Å². The van der Waals surface area contributed by atoms with E-state index in [2.05, 4.69) is 41.4 Å². The standard InChI is InChI=1S/C17H26N2/c1-2-14-9-11-19(12-10-14)16-8-7-15-5-3-4-6-17(15)18-13-16/h3-6,14,16,18H,2,7-13H2,1H3. The van der Waals surface area contributed by atoms with Gasteiger partial charge in [0.25, 0.3) is 0 Å². The minimum absolute atomic E-state index is 0.727. The van der Waals surface area contributed by atoms with Crippen LogP contribution in [0, 0.1) is 5.92 Å². The minimum Gasteiger partial charge on any atom is -0.383 e. The van der Waals surface area contributed by atoms with E-state index in [-0.39, 0.29) is 0 Å². The molecule has 0 radical (unpaired) electrons. The molecule has 0 bridgehead atoms. The summed E-state index contributed by atoms with van der Waals surface area (Å²) in [6, 6.07) is 9.52. The van der Waals surface area contributed by atoms with Crippen molar-refractivity contribution in [2.24, 2.45) is 5.92 Å². The smallest absolute Gasteiger partial charge is 0.0373 e. The van der Waals surface area contributed by atoms with E-state index in [0.29, 0.717) is 0 Å². The molecule has 1 unspecified atom stereocenters. The van der Waals surface area contributed by atoms with E-state index in [1.165, 1.54) is 56.4 Å². The Labute approximate surface area is 117 Å². The second kappa shape index (κ2) is 5.96. The molecule has 2 heteroatoms. The summed E-state index contributed by atoms with van der Waals surface area (Å²) in [6.07, 6.45) is 6.70. The molecule has 0 saturated carbocycles. The van der Waals surface area contributed by atoms with Crippen molar-refractivity contribution in [2.45, 2.75) is 45.1 Å². The molecular weight excluding hydrogens is 232 g/mol. The molecule has 1 atom stereocenters. The van der Waals surface area contributed by atoms with Gasteiger partial charge in [0, 0.05) is 18.3 Å². The van der Waals surface area contributed by atoms with Gasteiger partial charge in [0.05, 0.1) is 0 Å². The molecule has 1 saturated heterocycles. The molecule has 1 fully saturated rings. The third-order valence-corrected chi connectivity index (χ3v) is 5.04. The first-order chi connectivity index (χ1) is 9.36. The van der Waals surface area contributed by atoms with Crippen LogP contribution in [0.5, 0.6) is 0 Å². The van der Waals surface area contributed by atoms with Crippen LogP contribution in [0.1, 0.15) is 38.2 Å². The van der Waals surface area contributed by atoms with Crippen molar-refractivity contribution in [1.29, 1.82) is 0 Å². The average molecular weight is 258 g/mol.